The molecule has 1 N–H and O–H groups in total. The molecule has 2 nitrogen and oxygen atoms in total. The highest BCUT2D eigenvalue weighted by Gasteiger charge is 2.07. The van der Waals surface area contributed by atoms with Crippen LogP contribution in [0.5, 0.6) is 0 Å². The summed E-state index contributed by atoms with van der Waals surface area (Å²) >= 11 is 0. The topological polar surface area (TPSA) is 29.5 Å². The van der Waals surface area contributed by atoms with Crippen LogP contribution >= 0.6 is 0 Å². The Labute approximate surface area is 129 Å². The first-order valence-corrected chi connectivity index (χ1v) is 10.9. The molecule has 0 bridgehead atoms. The van der Waals surface area contributed by atoms with Crippen molar-refractivity contribution in [3.05, 3.63) is 48.0 Å². The van der Waals surface area contributed by atoms with E-state index < -0.39 is 14.2 Å². The molecular formula is C18H26O2Si. The lowest BCUT2D eigenvalue weighted by molar-refractivity contribution is 0.125. The highest BCUT2D eigenvalue weighted by Crippen LogP contribution is 2.02. The number of aliphatic hydroxyl groups is 1. The maximum Gasteiger partial charge on any atom is 0.129 e. The van der Waals surface area contributed by atoms with E-state index in [0.717, 1.165) is 6.42 Å². The molecule has 0 amide bonds. The molecule has 0 aliphatic carbocycles. The molecule has 0 saturated heterocycles. The van der Waals surface area contributed by atoms with Gasteiger partial charge in [0.1, 0.15) is 8.07 Å². The summed E-state index contributed by atoms with van der Waals surface area (Å²) in [7, 11) is -1.32. The van der Waals surface area contributed by atoms with Crippen molar-refractivity contribution in [2.45, 2.75) is 45.2 Å². The molecule has 0 saturated carbocycles. The standard InChI is InChI=1S/C18H26O2Si/c1-21(2,3)15-9-13-18(19)12-7-8-14-20-16-17-10-5-4-6-11-17/h4-7,10-12,18-19H,8,13-14,16H2,1-3H3/b12-7-. The number of rotatable bonds is 7. The summed E-state index contributed by atoms with van der Waals surface area (Å²) in [6.07, 6.45) is 4.64. The second-order valence-electron chi connectivity index (χ2n) is 6.08. The minimum atomic E-state index is -1.32. The Morgan fingerprint density at radius 2 is 1.95 bits per heavy atom. The van der Waals surface area contributed by atoms with Crippen LogP contribution in [0.25, 0.3) is 0 Å². The summed E-state index contributed by atoms with van der Waals surface area (Å²) in [6, 6.07) is 10.1. The van der Waals surface area contributed by atoms with Crippen LogP contribution in [-0.2, 0) is 11.3 Å². The molecule has 0 radical (unpaired) electrons. The van der Waals surface area contributed by atoms with Gasteiger partial charge in [0.15, 0.2) is 0 Å². The van der Waals surface area contributed by atoms with E-state index in [4.69, 9.17) is 4.74 Å². The fraction of sp³-hybridized carbons (Fsp3) is 0.444. The smallest absolute Gasteiger partial charge is 0.129 e. The first-order chi connectivity index (χ1) is 9.97. The summed E-state index contributed by atoms with van der Waals surface area (Å²) in [6.45, 7) is 7.91. The third kappa shape index (κ3) is 10.1. The first kappa shape index (κ1) is 17.7. The zero-order valence-corrected chi connectivity index (χ0v) is 14.3. The van der Waals surface area contributed by atoms with Crippen molar-refractivity contribution >= 4 is 8.07 Å². The van der Waals surface area contributed by atoms with Gasteiger partial charge in [-0.15, -0.1) is 11.5 Å². The molecule has 1 unspecified atom stereocenters. The van der Waals surface area contributed by atoms with Crippen LogP contribution in [0.15, 0.2) is 42.5 Å². The van der Waals surface area contributed by atoms with Crippen LogP contribution < -0.4 is 0 Å². The minimum Gasteiger partial charge on any atom is -0.388 e. The van der Waals surface area contributed by atoms with Gasteiger partial charge in [-0.2, -0.15) is 0 Å². The summed E-state index contributed by atoms with van der Waals surface area (Å²) in [4.78, 5) is 0. The van der Waals surface area contributed by atoms with Gasteiger partial charge in [-0.05, 0) is 12.0 Å². The van der Waals surface area contributed by atoms with E-state index in [1.807, 2.05) is 30.4 Å². The second kappa shape index (κ2) is 9.57. The van der Waals surface area contributed by atoms with Gasteiger partial charge in [-0.25, -0.2) is 0 Å². The van der Waals surface area contributed by atoms with Crippen molar-refractivity contribution in [2.75, 3.05) is 6.61 Å². The molecule has 1 rings (SSSR count). The van der Waals surface area contributed by atoms with E-state index in [2.05, 4.69) is 43.2 Å². The lowest BCUT2D eigenvalue weighted by Crippen LogP contribution is -2.16. The normalized spacial score (nSPS) is 13.0. The molecule has 1 aromatic carbocycles. The molecule has 0 spiro atoms. The molecule has 0 fully saturated rings. The lowest BCUT2D eigenvalue weighted by atomic mass is 10.2. The second-order valence-corrected chi connectivity index (χ2v) is 10.8. The van der Waals surface area contributed by atoms with Gasteiger partial charge in [0, 0.05) is 6.42 Å². The molecule has 0 aliphatic rings. The van der Waals surface area contributed by atoms with Gasteiger partial charge in [0.05, 0.1) is 19.3 Å². The predicted molar refractivity (Wildman–Crippen MR) is 91.6 cm³/mol. The summed E-state index contributed by atoms with van der Waals surface area (Å²) in [5.41, 5.74) is 4.44. The van der Waals surface area contributed by atoms with Gasteiger partial charge in [0.25, 0.3) is 0 Å². The van der Waals surface area contributed by atoms with Gasteiger partial charge in [-0.1, -0.05) is 62.1 Å². The zero-order valence-electron chi connectivity index (χ0n) is 13.3. The van der Waals surface area contributed by atoms with E-state index in [9.17, 15) is 5.11 Å². The molecule has 1 atom stereocenters. The number of benzene rings is 1. The number of hydrogen-bond acceptors (Lipinski definition) is 2. The average Bonchev–Trinajstić information content (AvgIpc) is 2.42. The SMILES string of the molecule is C[Si](C)(C)C#CCC(O)/C=C\CCOCc1ccccc1. The summed E-state index contributed by atoms with van der Waals surface area (Å²) in [5, 5.41) is 9.77. The third-order valence-corrected chi connectivity index (χ3v) is 3.60. The van der Waals surface area contributed by atoms with Crippen molar-refractivity contribution < 1.29 is 9.84 Å². The van der Waals surface area contributed by atoms with Crippen molar-refractivity contribution in [2.24, 2.45) is 0 Å². The Morgan fingerprint density at radius 1 is 1.24 bits per heavy atom. The molecule has 0 heterocycles. The quantitative estimate of drug-likeness (QED) is 0.359. The molecular weight excluding hydrogens is 276 g/mol. The Kier molecular flexibility index (Phi) is 8.07. The number of aliphatic hydroxyl groups excluding tert-OH is 1. The van der Waals surface area contributed by atoms with Crippen LogP contribution in [0, 0.1) is 11.5 Å². The Morgan fingerprint density at radius 3 is 2.62 bits per heavy atom. The Hall–Kier alpha value is -1.34. The zero-order chi connectivity index (χ0) is 15.6. The highest BCUT2D eigenvalue weighted by atomic mass is 28.3. The van der Waals surface area contributed by atoms with Gasteiger partial charge in [-0.3, -0.25) is 0 Å². The summed E-state index contributed by atoms with van der Waals surface area (Å²) in [5.74, 6) is 3.08. The maximum absolute atomic E-state index is 9.77. The Bertz CT molecular complexity index is 477. The number of ether oxygens (including phenoxy) is 1. The van der Waals surface area contributed by atoms with Crippen LogP contribution in [0.2, 0.25) is 19.6 Å². The molecule has 3 heteroatoms. The van der Waals surface area contributed by atoms with Gasteiger partial charge < -0.3 is 9.84 Å². The van der Waals surface area contributed by atoms with Crippen molar-refractivity contribution in [1.29, 1.82) is 0 Å². The van der Waals surface area contributed by atoms with Crippen LogP contribution in [0.4, 0.5) is 0 Å². The predicted octanol–water partition coefficient (Wildman–Crippen LogP) is 3.78. The lowest BCUT2D eigenvalue weighted by Gasteiger charge is -2.04. The molecule has 1 aromatic rings. The fourth-order valence-corrected chi connectivity index (χ4v) is 2.29. The van der Waals surface area contributed by atoms with E-state index in [1.54, 1.807) is 0 Å². The minimum absolute atomic E-state index is 0.469. The van der Waals surface area contributed by atoms with Crippen LogP contribution in [0.3, 0.4) is 0 Å². The third-order valence-electron chi connectivity index (χ3n) is 2.67. The van der Waals surface area contributed by atoms with Gasteiger partial charge in [0.2, 0.25) is 0 Å². The van der Waals surface area contributed by atoms with Crippen LogP contribution in [0.1, 0.15) is 18.4 Å². The maximum atomic E-state index is 9.77. The van der Waals surface area contributed by atoms with Crippen molar-refractivity contribution in [3.63, 3.8) is 0 Å². The van der Waals surface area contributed by atoms with Crippen molar-refractivity contribution in [3.8, 4) is 11.5 Å². The van der Waals surface area contributed by atoms with E-state index in [-0.39, 0.29) is 0 Å². The largest absolute Gasteiger partial charge is 0.388 e. The summed E-state index contributed by atoms with van der Waals surface area (Å²) < 4.78 is 5.57. The molecule has 0 aliphatic heterocycles. The van der Waals surface area contributed by atoms with Crippen LogP contribution in [-0.4, -0.2) is 25.9 Å². The van der Waals surface area contributed by atoms with Gasteiger partial charge >= 0.3 is 0 Å². The molecule has 114 valence electrons. The van der Waals surface area contributed by atoms with E-state index in [1.165, 1.54) is 5.56 Å². The monoisotopic (exact) mass is 302 g/mol. The Balaban J connectivity index is 2.12. The highest BCUT2D eigenvalue weighted by molar-refractivity contribution is 6.83. The molecule has 21 heavy (non-hydrogen) atoms. The molecule has 0 aromatic heterocycles. The van der Waals surface area contributed by atoms with E-state index in [0.29, 0.717) is 19.6 Å². The average molecular weight is 302 g/mol. The first-order valence-electron chi connectivity index (χ1n) is 7.44. The van der Waals surface area contributed by atoms with E-state index >= 15 is 0 Å². The number of hydrogen-bond donors (Lipinski definition) is 1. The van der Waals surface area contributed by atoms with Crippen molar-refractivity contribution in [1.82, 2.24) is 0 Å². The fourth-order valence-electron chi connectivity index (χ4n) is 1.66.